The van der Waals surface area contributed by atoms with Gasteiger partial charge in [0.25, 0.3) is 0 Å². The molecule has 3 heteroatoms. The lowest BCUT2D eigenvalue weighted by Gasteiger charge is -2.27. The van der Waals surface area contributed by atoms with E-state index in [1.807, 2.05) is 0 Å². The van der Waals surface area contributed by atoms with Gasteiger partial charge >= 0.3 is 0 Å². The molecule has 0 spiro atoms. The molecule has 0 atom stereocenters. The normalized spacial score (nSPS) is 26.8. The number of nitrogens with zero attached hydrogens (tertiary/aromatic N) is 1. The van der Waals surface area contributed by atoms with Crippen molar-refractivity contribution in [3.05, 3.63) is 0 Å². The first-order valence-corrected chi connectivity index (χ1v) is 5.37. The lowest BCUT2D eigenvalue weighted by Crippen LogP contribution is -2.38. The van der Waals surface area contributed by atoms with Crippen LogP contribution in [-0.4, -0.2) is 44.0 Å². The molecule has 13 heavy (non-hydrogen) atoms. The van der Waals surface area contributed by atoms with Crippen molar-refractivity contribution in [2.24, 2.45) is 0 Å². The van der Waals surface area contributed by atoms with E-state index in [1.54, 1.807) is 0 Å². The van der Waals surface area contributed by atoms with Crippen molar-refractivity contribution >= 4 is 0 Å². The number of morpholine rings is 1. The first-order valence-electron chi connectivity index (χ1n) is 5.37. The Bertz CT molecular complexity index is 140. The minimum absolute atomic E-state index is 0.544. The Morgan fingerprint density at radius 3 is 2.54 bits per heavy atom. The molecule has 1 saturated heterocycles. The van der Waals surface area contributed by atoms with Crippen molar-refractivity contribution in [1.29, 1.82) is 0 Å². The lowest BCUT2D eigenvalue weighted by molar-refractivity contribution is -0.0584. The fourth-order valence-electron chi connectivity index (χ4n) is 2.00. The van der Waals surface area contributed by atoms with Crippen molar-refractivity contribution in [3.8, 4) is 0 Å². The topological polar surface area (TPSA) is 21.7 Å². The van der Waals surface area contributed by atoms with Gasteiger partial charge in [-0.15, -0.1) is 0 Å². The molecule has 0 aromatic heterocycles. The predicted molar refractivity (Wildman–Crippen MR) is 50.6 cm³/mol. The molecule has 1 aliphatic heterocycles. The first-order chi connectivity index (χ1) is 6.45. The Kier molecular flexibility index (Phi) is 3.58. The van der Waals surface area contributed by atoms with E-state index in [0.717, 1.165) is 33.0 Å². The minimum atomic E-state index is 0.544. The van der Waals surface area contributed by atoms with Gasteiger partial charge in [0.2, 0.25) is 0 Å². The molecule has 76 valence electrons. The molecule has 1 heterocycles. The van der Waals surface area contributed by atoms with Gasteiger partial charge in [0.15, 0.2) is 0 Å². The molecule has 0 amide bonds. The fourth-order valence-corrected chi connectivity index (χ4v) is 2.00. The average molecular weight is 185 g/mol. The summed E-state index contributed by atoms with van der Waals surface area (Å²) < 4.78 is 11.1. The van der Waals surface area contributed by atoms with Crippen molar-refractivity contribution < 1.29 is 9.47 Å². The third-order valence-electron chi connectivity index (χ3n) is 2.90. The quantitative estimate of drug-likeness (QED) is 0.660. The molecule has 0 unspecified atom stereocenters. The van der Waals surface area contributed by atoms with Gasteiger partial charge in [-0.2, -0.15) is 0 Å². The standard InChI is InChI=1S/C10H19NO2/c1-2-4-10(3-1)13-9-11-5-7-12-8-6-11/h10H,1-9H2. The van der Waals surface area contributed by atoms with Gasteiger partial charge in [0.1, 0.15) is 0 Å². The van der Waals surface area contributed by atoms with Crippen LogP contribution in [0.1, 0.15) is 25.7 Å². The number of hydrogen-bond donors (Lipinski definition) is 0. The van der Waals surface area contributed by atoms with E-state index in [2.05, 4.69) is 4.90 Å². The smallest absolute Gasteiger partial charge is 0.0995 e. The zero-order valence-corrected chi connectivity index (χ0v) is 8.21. The molecule has 1 aliphatic carbocycles. The van der Waals surface area contributed by atoms with E-state index >= 15 is 0 Å². The predicted octanol–water partition coefficient (Wildman–Crippen LogP) is 1.24. The summed E-state index contributed by atoms with van der Waals surface area (Å²) in [6.45, 7) is 4.62. The molecule has 0 radical (unpaired) electrons. The van der Waals surface area contributed by atoms with Crippen LogP contribution in [0.15, 0.2) is 0 Å². The maximum Gasteiger partial charge on any atom is 0.0995 e. The monoisotopic (exact) mass is 185 g/mol. The fraction of sp³-hybridized carbons (Fsp3) is 1.00. The second kappa shape index (κ2) is 4.94. The van der Waals surface area contributed by atoms with Gasteiger partial charge < -0.3 is 9.47 Å². The van der Waals surface area contributed by atoms with E-state index < -0.39 is 0 Å². The molecule has 2 aliphatic rings. The molecule has 0 aromatic carbocycles. The molecular formula is C10H19NO2. The zero-order chi connectivity index (χ0) is 8.93. The molecule has 3 nitrogen and oxygen atoms in total. The number of hydrogen-bond acceptors (Lipinski definition) is 3. The summed E-state index contributed by atoms with van der Waals surface area (Å²) in [6, 6.07) is 0. The summed E-state index contributed by atoms with van der Waals surface area (Å²) in [7, 11) is 0. The largest absolute Gasteiger partial charge is 0.379 e. The lowest BCUT2D eigenvalue weighted by atomic mass is 10.3. The third-order valence-corrected chi connectivity index (χ3v) is 2.90. The Labute approximate surface area is 80.0 Å². The Hall–Kier alpha value is -0.120. The van der Waals surface area contributed by atoms with Gasteiger partial charge in [-0.1, -0.05) is 12.8 Å². The summed E-state index contributed by atoms with van der Waals surface area (Å²) in [5.41, 5.74) is 0. The second-order valence-electron chi connectivity index (χ2n) is 3.93. The summed E-state index contributed by atoms with van der Waals surface area (Å²) in [5.74, 6) is 0. The summed E-state index contributed by atoms with van der Waals surface area (Å²) >= 11 is 0. The maximum atomic E-state index is 5.81. The summed E-state index contributed by atoms with van der Waals surface area (Å²) in [5, 5.41) is 0. The summed E-state index contributed by atoms with van der Waals surface area (Å²) in [4.78, 5) is 2.34. The van der Waals surface area contributed by atoms with Gasteiger partial charge in [0, 0.05) is 13.1 Å². The number of rotatable bonds is 3. The van der Waals surface area contributed by atoms with Crippen LogP contribution in [0.5, 0.6) is 0 Å². The van der Waals surface area contributed by atoms with E-state index in [4.69, 9.17) is 9.47 Å². The van der Waals surface area contributed by atoms with Crippen LogP contribution in [0.25, 0.3) is 0 Å². The van der Waals surface area contributed by atoms with Crippen LogP contribution in [0.2, 0.25) is 0 Å². The Morgan fingerprint density at radius 2 is 1.85 bits per heavy atom. The molecule has 2 rings (SSSR count). The third kappa shape index (κ3) is 2.93. The van der Waals surface area contributed by atoms with E-state index in [1.165, 1.54) is 25.7 Å². The highest BCUT2D eigenvalue weighted by molar-refractivity contribution is 4.67. The van der Waals surface area contributed by atoms with E-state index in [-0.39, 0.29) is 0 Å². The number of ether oxygens (including phenoxy) is 2. The maximum absolute atomic E-state index is 5.81. The highest BCUT2D eigenvalue weighted by Gasteiger charge is 2.17. The second-order valence-corrected chi connectivity index (χ2v) is 3.93. The van der Waals surface area contributed by atoms with Gasteiger partial charge in [-0.3, -0.25) is 4.90 Å². The van der Waals surface area contributed by atoms with Crippen molar-refractivity contribution in [1.82, 2.24) is 4.90 Å². The van der Waals surface area contributed by atoms with Gasteiger partial charge in [-0.05, 0) is 12.8 Å². The van der Waals surface area contributed by atoms with Gasteiger partial charge in [0.05, 0.1) is 26.0 Å². The zero-order valence-electron chi connectivity index (χ0n) is 8.21. The van der Waals surface area contributed by atoms with Crippen LogP contribution in [0, 0.1) is 0 Å². The van der Waals surface area contributed by atoms with Crippen molar-refractivity contribution in [3.63, 3.8) is 0 Å². The van der Waals surface area contributed by atoms with Gasteiger partial charge in [-0.25, -0.2) is 0 Å². The molecular weight excluding hydrogens is 166 g/mol. The highest BCUT2D eigenvalue weighted by atomic mass is 16.5. The first kappa shape index (κ1) is 9.44. The van der Waals surface area contributed by atoms with E-state index in [9.17, 15) is 0 Å². The summed E-state index contributed by atoms with van der Waals surface area (Å²) in [6.07, 6.45) is 5.79. The average Bonchev–Trinajstić information content (AvgIpc) is 2.69. The van der Waals surface area contributed by atoms with Crippen LogP contribution >= 0.6 is 0 Å². The van der Waals surface area contributed by atoms with Crippen LogP contribution in [0.4, 0.5) is 0 Å². The molecule has 0 bridgehead atoms. The van der Waals surface area contributed by atoms with Crippen LogP contribution < -0.4 is 0 Å². The minimum Gasteiger partial charge on any atom is -0.379 e. The Balaban J connectivity index is 1.60. The van der Waals surface area contributed by atoms with Crippen LogP contribution in [-0.2, 0) is 9.47 Å². The van der Waals surface area contributed by atoms with Crippen LogP contribution in [0.3, 0.4) is 0 Å². The molecule has 2 fully saturated rings. The molecule has 0 N–H and O–H groups in total. The highest BCUT2D eigenvalue weighted by Crippen LogP contribution is 2.20. The molecule has 1 saturated carbocycles. The van der Waals surface area contributed by atoms with E-state index in [0.29, 0.717) is 6.10 Å². The molecule has 0 aromatic rings. The van der Waals surface area contributed by atoms with Crippen molar-refractivity contribution in [2.75, 3.05) is 33.0 Å². The van der Waals surface area contributed by atoms with Crippen molar-refractivity contribution in [2.45, 2.75) is 31.8 Å². The SMILES string of the molecule is C1CCC(OCN2CCOCC2)C1. The Morgan fingerprint density at radius 1 is 1.15 bits per heavy atom.